The molecular formula is C23H31F3N10O7S. The first-order valence-corrected chi connectivity index (χ1v) is 13.8. The molecule has 0 radical (unpaired) electrons. The van der Waals surface area contributed by atoms with E-state index in [2.05, 4.69) is 25.4 Å². The summed E-state index contributed by atoms with van der Waals surface area (Å²) in [5.41, 5.74) is -2.60. The van der Waals surface area contributed by atoms with Gasteiger partial charge >= 0.3 is 23.9 Å². The topological polar surface area (TPSA) is 227 Å². The Hall–Kier alpha value is -4.95. The molecule has 21 heteroatoms. The Morgan fingerprint density at radius 2 is 1.64 bits per heavy atom. The van der Waals surface area contributed by atoms with Crippen molar-refractivity contribution >= 4 is 28.0 Å². The van der Waals surface area contributed by atoms with E-state index in [9.17, 15) is 36.0 Å². The van der Waals surface area contributed by atoms with Gasteiger partial charge in [-0.25, -0.2) is 24.1 Å². The standard InChI is InChI=1S/C13H12F3N5O5S.C10H19N5O2/c1-25-8-6-9(26-2)19-11(18-8)20-12(22)21-27(23,24)10-7(13(14,15)16)4-3-5-17-10;1-6(2)7-13-15(9(17)14(7)11)8(16)12-10(3,4)5/h3-6H,1-2H3,(H2,18,19,20,21,22);6H,11H2,1-5H3,(H,12,16). The molecule has 3 heterocycles. The fourth-order valence-electron chi connectivity index (χ4n) is 3.08. The highest BCUT2D eigenvalue weighted by molar-refractivity contribution is 7.90. The van der Waals surface area contributed by atoms with E-state index in [-0.39, 0.29) is 17.7 Å². The maximum absolute atomic E-state index is 12.9. The van der Waals surface area contributed by atoms with Crippen molar-refractivity contribution in [1.29, 1.82) is 0 Å². The lowest BCUT2D eigenvalue weighted by atomic mass is 10.1. The van der Waals surface area contributed by atoms with Gasteiger partial charge in [-0.3, -0.25) is 5.32 Å². The van der Waals surface area contributed by atoms with Crippen molar-refractivity contribution in [2.75, 3.05) is 25.4 Å². The number of anilines is 1. The Kier molecular flexibility index (Phi) is 10.9. The van der Waals surface area contributed by atoms with E-state index in [1.54, 1.807) is 0 Å². The van der Waals surface area contributed by atoms with E-state index in [4.69, 9.17) is 15.3 Å². The summed E-state index contributed by atoms with van der Waals surface area (Å²) in [6.45, 7) is 9.14. The molecule has 0 saturated heterocycles. The van der Waals surface area contributed by atoms with Crippen LogP contribution >= 0.6 is 0 Å². The Morgan fingerprint density at radius 3 is 2.09 bits per heavy atom. The van der Waals surface area contributed by atoms with Crippen molar-refractivity contribution < 1.29 is 40.7 Å². The fourth-order valence-corrected chi connectivity index (χ4v) is 4.14. The van der Waals surface area contributed by atoms with Gasteiger partial charge in [-0.15, -0.1) is 9.78 Å². The molecule has 242 valence electrons. The van der Waals surface area contributed by atoms with Crippen LogP contribution in [0.2, 0.25) is 0 Å². The first kappa shape index (κ1) is 35.2. The summed E-state index contributed by atoms with van der Waals surface area (Å²) in [5, 5.41) is 7.18. The first-order chi connectivity index (χ1) is 20.2. The minimum Gasteiger partial charge on any atom is -0.481 e. The lowest BCUT2D eigenvalue weighted by Gasteiger charge is -2.19. The maximum atomic E-state index is 12.9. The number of hydrogen-bond acceptors (Lipinski definition) is 12. The second-order valence-electron chi connectivity index (χ2n) is 9.95. The van der Waals surface area contributed by atoms with Gasteiger partial charge in [0.15, 0.2) is 10.9 Å². The van der Waals surface area contributed by atoms with Crippen LogP contribution in [-0.4, -0.2) is 69.6 Å². The lowest BCUT2D eigenvalue weighted by Crippen LogP contribution is -2.47. The second kappa shape index (κ2) is 13.6. The molecule has 44 heavy (non-hydrogen) atoms. The monoisotopic (exact) mass is 648 g/mol. The third-order valence-corrected chi connectivity index (χ3v) is 6.20. The van der Waals surface area contributed by atoms with Gasteiger partial charge in [-0.2, -0.15) is 36.2 Å². The molecule has 0 saturated carbocycles. The molecule has 17 nitrogen and oxygen atoms in total. The van der Waals surface area contributed by atoms with E-state index in [1.807, 2.05) is 39.9 Å². The summed E-state index contributed by atoms with van der Waals surface area (Å²) in [6, 6.07) is 0.731. The van der Waals surface area contributed by atoms with Gasteiger partial charge < -0.3 is 20.6 Å². The molecule has 0 aromatic carbocycles. The van der Waals surface area contributed by atoms with Crippen molar-refractivity contribution in [2.45, 2.75) is 57.3 Å². The van der Waals surface area contributed by atoms with E-state index < -0.39 is 56.0 Å². The number of nitrogen functional groups attached to an aromatic ring is 1. The maximum Gasteiger partial charge on any atom is 0.419 e. The summed E-state index contributed by atoms with van der Waals surface area (Å²) in [7, 11) is -2.39. The number of sulfonamides is 1. The van der Waals surface area contributed by atoms with Crippen molar-refractivity contribution in [1.82, 2.24) is 39.4 Å². The number of carbonyl (C=O) groups is 2. The van der Waals surface area contributed by atoms with Gasteiger partial charge in [0.1, 0.15) is 0 Å². The molecule has 3 rings (SSSR count). The number of rotatable bonds is 6. The smallest absolute Gasteiger partial charge is 0.419 e. The number of urea groups is 1. The van der Waals surface area contributed by atoms with Gasteiger partial charge in [0.2, 0.25) is 17.7 Å². The predicted molar refractivity (Wildman–Crippen MR) is 148 cm³/mol. The van der Waals surface area contributed by atoms with Crippen molar-refractivity contribution in [3.63, 3.8) is 0 Å². The van der Waals surface area contributed by atoms with Crippen LogP contribution in [0.1, 0.15) is 51.9 Å². The number of nitrogens with two attached hydrogens (primary N) is 1. The molecule has 0 aliphatic rings. The molecule has 0 spiro atoms. The molecule has 0 atom stereocenters. The minimum absolute atomic E-state index is 0.0101. The summed E-state index contributed by atoms with van der Waals surface area (Å²) in [5.74, 6) is 5.46. The quantitative estimate of drug-likeness (QED) is 0.280. The molecule has 3 aromatic heterocycles. The highest BCUT2D eigenvalue weighted by Crippen LogP contribution is 2.32. The Bertz CT molecular complexity index is 1640. The molecule has 0 bridgehead atoms. The number of halogens is 3. The van der Waals surface area contributed by atoms with Crippen LogP contribution in [0.25, 0.3) is 0 Å². The highest BCUT2D eigenvalue weighted by atomic mass is 32.2. The van der Waals surface area contributed by atoms with Gasteiger partial charge in [0.05, 0.1) is 25.8 Å². The van der Waals surface area contributed by atoms with E-state index in [1.165, 1.54) is 25.0 Å². The Balaban J connectivity index is 0.000000342. The third-order valence-electron chi connectivity index (χ3n) is 4.91. The number of nitrogens with one attached hydrogen (secondary N) is 3. The fraction of sp³-hybridized carbons (Fsp3) is 0.435. The van der Waals surface area contributed by atoms with Gasteiger partial charge in [-0.05, 0) is 32.9 Å². The van der Waals surface area contributed by atoms with Crippen LogP contribution in [0.4, 0.5) is 28.7 Å². The number of amides is 3. The molecule has 0 aliphatic heterocycles. The number of carbonyl (C=O) groups excluding carboxylic acids is 2. The largest absolute Gasteiger partial charge is 0.481 e. The average molecular weight is 649 g/mol. The number of pyridine rings is 1. The zero-order chi connectivity index (χ0) is 33.6. The van der Waals surface area contributed by atoms with Crippen LogP contribution < -0.4 is 36.4 Å². The summed E-state index contributed by atoms with van der Waals surface area (Å²) < 4.78 is 75.8. The van der Waals surface area contributed by atoms with Gasteiger partial charge in [0, 0.05) is 17.7 Å². The number of aromatic nitrogens is 6. The van der Waals surface area contributed by atoms with Crippen LogP contribution in [0, 0.1) is 0 Å². The van der Waals surface area contributed by atoms with Crippen LogP contribution in [0.3, 0.4) is 0 Å². The zero-order valence-electron chi connectivity index (χ0n) is 24.5. The Labute approximate surface area is 249 Å². The number of alkyl halides is 3. The van der Waals surface area contributed by atoms with Crippen molar-refractivity contribution in [3.8, 4) is 11.8 Å². The molecule has 5 N–H and O–H groups in total. The summed E-state index contributed by atoms with van der Waals surface area (Å²) >= 11 is 0. The van der Waals surface area contributed by atoms with Crippen LogP contribution in [0.15, 0.2) is 34.2 Å². The van der Waals surface area contributed by atoms with E-state index in [0.717, 1.165) is 21.6 Å². The molecule has 3 amide bonds. The number of methoxy groups -OCH3 is 2. The van der Waals surface area contributed by atoms with Crippen LogP contribution in [-0.2, 0) is 16.2 Å². The summed E-state index contributed by atoms with van der Waals surface area (Å²) in [6.07, 6.45) is -4.14. The normalized spacial score (nSPS) is 11.7. The molecule has 0 aliphatic carbocycles. The third kappa shape index (κ3) is 9.28. The highest BCUT2D eigenvalue weighted by Gasteiger charge is 2.38. The lowest BCUT2D eigenvalue weighted by molar-refractivity contribution is -0.140. The van der Waals surface area contributed by atoms with Gasteiger partial charge in [-0.1, -0.05) is 13.8 Å². The molecular weight excluding hydrogens is 617 g/mol. The van der Waals surface area contributed by atoms with Crippen molar-refractivity contribution in [2.24, 2.45) is 0 Å². The SMILES string of the molecule is CC(C)c1nn(C(=O)NC(C)(C)C)c(=O)n1N.COc1cc(OC)nc(NC(=O)NS(=O)(=O)c2ncccc2C(F)(F)F)n1. The van der Waals surface area contributed by atoms with E-state index >= 15 is 0 Å². The molecule has 0 fully saturated rings. The van der Waals surface area contributed by atoms with Crippen molar-refractivity contribution in [3.05, 3.63) is 46.3 Å². The predicted octanol–water partition coefficient (Wildman–Crippen LogP) is 1.66. The second-order valence-corrected chi connectivity index (χ2v) is 11.5. The number of nitrogens with zero attached hydrogens (tertiary/aromatic N) is 6. The number of ether oxygens (including phenoxy) is 2. The molecule has 0 unspecified atom stereocenters. The van der Waals surface area contributed by atoms with Gasteiger partial charge in [0.25, 0.3) is 10.0 Å². The zero-order valence-corrected chi connectivity index (χ0v) is 25.4. The first-order valence-electron chi connectivity index (χ1n) is 12.3. The van der Waals surface area contributed by atoms with E-state index in [0.29, 0.717) is 11.9 Å². The number of hydrogen-bond donors (Lipinski definition) is 4. The summed E-state index contributed by atoms with van der Waals surface area (Å²) in [4.78, 5) is 46.0. The Morgan fingerprint density at radius 1 is 1.07 bits per heavy atom. The minimum atomic E-state index is -4.99. The average Bonchev–Trinajstić information content (AvgIpc) is 3.21. The molecule has 3 aromatic rings. The van der Waals surface area contributed by atoms with Crippen LogP contribution in [0.5, 0.6) is 11.8 Å².